The maximum atomic E-state index is 13.4. The number of carbonyl (C=O) groups excluding carboxylic acids is 1. The van der Waals surface area contributed by atoms with Crippen molar-refractivity contribution in [2.24, 2.45) is 0 Å². The van der Waals surface area contributed by atoms with Crippen LogP contribution >= 0.6 is 0 Å². The number of halogens is 1. The highest BCUT2D eigenvalue weighted by Gasteiger charge is 2.17. The molecule has 0 fully saturated rings. The minimum atomic E-state index is -0.450. The number of aromatic amines is 1. The van der Waals surface area contributed by atoms with Crippen molar-refractivity contribution in [2.75, 3.05) is 6.61 Å². The van der Waals surface area contributed by atoms with Crippen molar-refractivity contribution in [1.29, 1.82) is 0 Å². The predicted molar refractivity (Wildman–Crippen MR) is 140 cm³/mol. The first-order valence-corrected chi connectivity index (χ1v) is 12.0. The fourth-order valence-electron chi connectivity index (χ4n) is 4.08. The van der Waals surface area contributed by atoms with E-state index in [1.807, 2.05) is 71.6 Å². The quantitative estimate of drug-likeness (QED) is 0.237. The van der Waals surface area contributed by atoms with E-state index < -0.39 is 5.97 Å². The summed E-state index contributed by atoms with van der Waals surface area (Å²) in [5, 5.41) is 7.15. The molecule has 1 N–H and O–H groups in total. The van der Waals surface area contributed by atoms with Crippen molar-refractivity contribution < 1.29 is 18.7 Å². The van der Waals surface area contributed by atoms with Crippen LogP contribution < -0.4 is 4.74 Å². The van der Waals surface area contributed by atoms with Crippen molar-refractivity contribution >= 4 is 5.97 Å². The van der Waals surface area contributed by atoms with Gasteiger partial charge in [-0.3, -0.25) is 5.10 Å². The zero-order valence-corrected chi connectivity index (χ0v) is 20.4. The number of hydrogen-bond donors (Lipinski definition) is 1. The molecule has 3 aromatic carbocycles. The van der Waals surface area contributed by atoms with Gasteiger partial charge in [0.1, 0.15) is 23.9 Å². The van der Waals surface area contributed by atoms with Crippen LogP contribution in [0.3, 0.4) is 0 Å². The van der Waals surface area contributed by atoms with Crippen LogP contribution in [0.4, 0.5) is 4.39 Å². The van der Waals surface area contributed by atoms with Gasteiger partial charge in [0.15, 0.2) is 0 Å². The first kappa shape index (κ1) is 24.1. The summed E-state index contributed by atoms with van der Waals surface area (Å²) in [6.07, 6.45) is 4.00. The summed E-state index contributed by atoms with van der Waals surface area (Å²) in [5.41, 5.74) is 5.75. The summed E-state index contributed by atoms with van der Waals surface area (Å²) in [5.74, 6) is 0.0490. The van der Waals surface area contributed by atoms with Crippen LogP contribution in [-0.4, -0.2) is 27.3 Å². The van der Waals surface area contributed by atoms with E-state index in [1.165, 1.54) is 12.1 Å². The maximum Gasteiger partial charge on any atom is 0.356 e. The van der Waals surface area contributed by atoms with Gasteiger partial charge in [-0.2, -0.15) is 5.10 Å². The van der Waals surface area contributed by atoms with Gasteiger partial charge in [-0.05, 0) is 53.9 Å². The van der Waals surface area contributed by atoms with Gasteiger partial charge >= 0.3 is 5.97 Å². The van der Waals surface area contributed by atoms with Crippen LogP contribution in [-0.2, 0) is 17.9 Å². The van der Waals surface area contributed by atoms with Crippen molar-refractivity contribution in [3.8, 4) is 28.1 Å². The normalized spacial score (nSPS) is 10.9. The number of hydrogen-bond acceptors (Lipinski definition) is 4. The van der Waals surface area contributed by atoms with E-state index in [2.05, 4.69) is 10.2 Å². The fraction of sp³-hybridized carbons (Fsp3) is 0.133. The molecular formula is C30H26FN3O3. The number of nitrogens with zero attached hydrogens (tertiary/aromatic N) is 2. The van der Waals surface area contributed by atoms with E-state index >= 15 is 0 Å². The van der Waals surface area contributed by atoms with E-state index in [4.69, 9.17) is 9.47 Å². The number of benzene rings is 3. The minimum Gasteiger partial charge on any atom is -0.489 e. The molecule has 0 radical (unpaired) electrons. The van der Waals surface area contributed by atoms with E-state index in [9.17, 15) is 9.18 Å². The zero-order valence-electron chi connectivity index (χ0n) is 20.4. The van der Waals surface area contributed by atoms with Gasteiger partial charge in [-0.25, -0.2) is 9.18 Å². The number of nitrogens with one attached hydrogen (secondary N) is 1. The van der Waals surface area contributed by atoms with E-state index in [0.29, 0.717) is 24.5 Å². The van der Waals surface area contributed by atoms with Crippen LogP contribution in [0.1, 0.15) is 28.5 Å². The molecule has 37 heavy (non-hydrogen) atoms. The predicted octanol–water partition coefficient (Wildman–Crippen LogP) is 6.49. The third kappa shape index (κ3) is 5.78. The van der Waals surface area contributed by atoms with Crippen molar-refractivity contribution in [3.05, 3.63) is 120 Å². The lowest BCUT2D eigenvalue weighted by Gasteiger charge is -2.08. The first-order valence-electron chi connectivity index (χ1n) is 12.0. The molecule has 5 aromatic rings. The number of esters is 1. The standard InChI is InChI=1S/C30H26FN3O3/c1-2-36-30(35)29-16-28(32-33-29)27-19-34(17-21-8-12-24(31)13-9-21)18-26(27)23-10-14-25(15-11-23)37-20-22-6-4-3-5-7-22/h3-16,18-19H,2,17,20H2,1H3,(H,32,33). The summed E-state index contributed by atoms with van der Waals surface area (Å²) >= 11 is 0. The first-order chi connectivity index (χ1) is 18.1. The number of carbonyl (C=O) groups is 1. The number of ether oxygens (including phenoxy) is 2. The van der Waals surface area contributed by atoms with Gasteiger partial charge in [0, 0.05) is 30.1 Å². The van der Waals surface area contributed by atoms with Crippen LogP contribution in [0.2, 0.25) is 0 Å². The second kappa shape index (κ2) is 11.0. The molecule has 2 aromatic heterocycles. The van der Waals surface area contributed by atoms with Crippen molar-refractivity contribution in [1.82, 2.24) is 14.8 Å². The molecule has 0 atom stereocenters. The van der Waals surface area contributed by atoms with Gasteiger partial charge in [0.2, 0.25) is 0 Å². The smallest absolute Gasteiger partial charge is 0.356 e. The Kier molecular flexibility index (Phi) is 7.12. The van der Waals surface area contributed by atoms with Crippen molar-refractivity contribution in [2.45, 2.75) is 20.1 Å². The molecule has 5 rings (SSSR count). The van der Waals surface area contributed by atoms with Crippen molar-refractivity contribution in [3.63, 3.8) is 0 Å². The third-order valence-corrected chi connectivity index (χ3v) is 5.92. The lowest BCUT2D eigenvalue weighted by Crippen LogP contribution is -2.04. The Labute approximate surface area is 214 Å². The molecule has 0 saturated carbocycles. The molecule has 0 spiro atoms. The Morgan fingerprint density at radius 2 is 1.65 bits per heavy atom. The molecule has 186 valence electrons. The lowest BCUT2D eigenvalue weighted by atomic mass is 10.0. The van der Waals surface area contributed by atoms with E-state index in [-0.39, 0.29) is 12.4 Å². The summed E-state index contributed by atoms with van der Waals surface area (Å²) < 4.78 is 26.4. The van der Waals surface area contributed by atoms with Gasteiger partial charge in [-0.15, -0.1) is 0 Å². The van der Waals surface area contributed by atoms with Gasteiger partial charge in [0.05, 0.1) is 12.3 Å². The Balaban J connectivity index is 1.43. The summed E-state index contributed by atoms with van der Waals surface area (Å²) in [4.78, 5) is 12.2. The molecule has 0 saturated heterocycles. The minimum absolute atomic E-state index is 0.268. The highest BCUT2D eigenvalue weighted by Crippen LogP contribution is 2.34. The summed E-state index contributed by atoms with van der Waals surface area (Å²) in [6.45, 7) is 3.09. The highest BCUT2D eigenvalue weighted by molar-refractivity contribution is 5.90. The van der Waals surface area contributed by atoms with Crippen LogP contribution in [0.5, 0.6) is 5.75 Å². The van der Waals surface area contributed by atoms with E-state index in [1.54, 1.807) is 25.1 Å². The molecule has 0 unspecified atom stereocenters. The number of rotatable bonds is 9. The van der Waals surface area contributed by atoms with Crippen LogP contribution in [0, 0.1) is 5.82 Å². The molecule has 0 aliphatic heterocycles. The monoisotopic (exact) mass is 495 g/mol. The maximum absolute atomic E-state index is 13.4. The Morgan fingerprint density at radius 1 is 0.919 bits per heavy atom. The Morgan fingerprint density at radius 3 is 2.38 bits per heavy atom. The molecule has 0 bridgehead atoms. The fourth-order valence-corrected chi connectivity index (χ4v) is 4.08. The molecular weight excluding hydrogens is 469 g/mol. The topological polar surface area (TPSA) is 69.1 Å². The molecule has 0 amide bonds. The summed E-state index contributed by atoms with van der Waals surface area (Å²) in [6, 6.07) is 26.0. The largest absolute Gasteiger partial charge is 0.489 e. The van der Waals surface area contributed by atoms with Crippen LogP contribution in [0.25, 0.3) is 22.4 Å². The molecule has 6 nitrogen and oxygen atoms in total. The molecule has 0 aliphatic carbocycles. The molecule has 0 aliphatic rings. The molecule has 2 heterocycles. The highest BCUT2D eigenvalue weighted by atomic mass is 19.1. The second-order valence-electron chi connectivity index (χ2n) is 8.57. The summed E-state index contributed by atoms with van der Waals surface area (Å²) in [7, 11) is 0. The lowest BCUT2D eigenvalue weighted by molar-refractivity contribution is 0.0519. The zero-order chi connectivity index (χ0) is 25.6. The van der Waals surface area contributed by atoms with Gasteiger partial charge in [-0.1, -0.05) is 54.6 Å². The number of aromatic nitrogens is 3. The van der Waals surface area contributed by atoms with E-state index in [0.717, 1.165) is 33.6 Å². The molecule has 7 heteroatoms. The van der Waals surface area contributed by atoms with Gasteiger partial charge in [0.25, 0.3) is 0 Å². The Bertz CT molecular complexity index is 1470. The third-order valence-electron chi connectivity index (χ3n) is 5.92. The average molecular weight is 496 g/mol. The number of H-pyrrole nitrogens is 1. The van der Waals surface area contributed by atoms with Crippen LogP contribution in [0.15, 0.2) is 97.3 Å². The Hall–Kier alpha value is -4.65. The van der Waals surface area contributed by atoms with Gasteiger partial charge < -0.3 is 14.0 Å². The second-order valence-corrected chi connectivity index (χ2v) is 8.57. The SMILES string of the molecule is CCOC(=O)c1cc(-c2cn(Cc3ccc(F)cc3)cc2-c2ccc(OCc3ccccc3)cc2)n[nH]1. The average Bonchev–Trinajstić information content (AvgIpc) is 3.58.